The van der Waals surface area contributed by atoms with Crippen LogP contribution >= 0.6 is 0 Å². The Kier molecular flexibility index (Phi) is 5.01. The van der Waals surface area contributed by atoms with E-state index in [-0.39, 0.29) is 0 Å². The van der Waals surface area contributed by atoms with Crippen LogP contribution < -0.4 is 5.32 Å². The minimum atomic E-state index is 0.343. The van der Waals surface area contributed by atoms with Crippen molar-refractivity contribution in [1.29, 1.82) is 0 Å². The lowest BCUT2D eigenvalue weighted by atomic mass is 9.97. The fraction of sp³-hybridized carbons (Fsp3) is 0.929. The third kappa shape index (κ3) is 3.45. The summed E-state index contributed by atoms with van der Waals surface area (Å²) < 4.78 is 0. The molecule has 0 saturated carbocycles. The van der Waals surface area contributed by atoms with E-state index >= 15 is 0 Å². The Morgan fingerprint density at radius 1 is 1.33 bits per heavy atom. The molecule has 4 nitrogen and oxygen atoms in total. The van der Waals surface area contributed by atoms with Gasteiger partial charge in [0, 0.05) is 32.6 Å². The third-order valence-electron chi connectivity index (χ3n) is 4.37. The lowest BCUT2D eigenvalue weighted by Gasteiger charge is -2.37. The largest absolute Gasteiger partial charge is 0.343 e. The molecule has 0 aromatic heterocycles. The van der Waals surface area contributed by atoms with Crippen LogP contribution in [0.4, 0.5) is 0 Å². The predicted molar refractivity (Wildman–Crippen MR) is 73.5 cm³/mol. The zero-order chi connectivity index (χ0) is 13.0. The normalized spacial score (nSPS) is 22.8. The Bertz CT molecular complexity index is 270. The molecule has 2 aliphatic rings. The second kappa shape index (κ2) is 6.53. The Morgan fingerprint density at radius 3 is 2.50 bits per heavy atom. The number of hydrogen-bond acceptors (Lipinski definition) is 3. The van der Waals surface area contributed by atoms with Crippen LogP contribution in [0.15, 0.2) is 0 Å². The second-order valence-corrected chi connectivity index (χ2v) is 5.81. The van der Waals surface area contributed by atoms with Crippen molar-refractivity contribution in [3.05, 3.63) is 0 Å². The summed E-state index contributed by atoms with van der Waals surface area (Å²) in [4.78, 5) is 16.7. The van der Waals surface area contributed by atoms with E-state index in [2.05, 4.69) is 17.1 Å². The van der Waals surface area contributed by atoms with E-state index < -0.39 is 0 Å². The number of hydrogen-bond donors (Lipinski definition) is 1. The Morgan fingerprint density at radius 2 is 2.00 bits per heavy atom. The SMILES string of the molecule is CCCN1CCC(N(C)C(=O)CC2CNC2)CC1. The average molecular weight is 253 g/mol. The third-order valence-corrected chi connectivity index (χ3v) is 4.37. The van der Waals surface area contributed by atoms with Crippen LogP contribution in [0.1, 0.15) is 32.6 Å². The maximum Gasteiger partial charge on any atom is 0.222 e. The Labute approximate surface area is 111 Å². The van der Waals surface area contributed by atoms with Crippen molar-refractivity contribution >= 4 is 5.91 Å². The number of amides is 1. The van der Waals surface area contributed by atoms with Gasteiger partial charge in [-0.1, -0.05) is 6.92 Å². The molecular weight excluding hydrogens is 226 g/mol. The zero-order valence-electron chi connectivity index (χ0n) is 11.8. The van der Waals surface area contributed by atoms with Gasteiger partial charge in [-0.2, -0.15) is 0 Å². The van der Waals surface area contributed by atoms with Crippen LogP contribution in [0, 0.1) is 5.92 Å². The quantitative estimate of drug-likeness (QED) is 0.792. The van der Waals surface area contributed by atoms with Crippen molar-refractivity contribution in [3.63, 3.8) is 0 Å². The molecule has 0 unspecified atom stereocenters. The van der Waals surface area contributed by atoms with Gasteiger partial charge < -0.3 is 15.1 Å². The van der Waals surface area contributed by atoms with Crippen LogP contribution in [0.25, 0.3) is 0 Å². The first-order valence-corrected chi connectivity index (χ1v) is 7.39. The first kappa shape index (κ1) is 13.8. The number of carbonyl (C=O) groups is 1. The zero-order valence-corrected chi connectivity index (χ0v) is 11.8. The van der Waals surface area contributed by atoms with E-state index in [1.165, 1.54) is 13.0 Å². The van der Waals surface area contributed by atoms with Crippen LogP contribution in [0.5, 0.6) is 0 Å². The van der Waals surface area contributed by atoms with Gasteiger partial charge in [-0.25, -0.2) is 0 Å². The standard InChI is InChI=1S/C14H27N3O/c1-3-6-17-7-4-13(5-8-17)16(2)14(18)9-12-10-15-11-12/h12-13,15H,3-11H2,1-2H3. The molecule has 2 heterocycles. The predicted octanol–water partition coefficient (Wildman–Crippen LogP) is 0.929. The molecule has 0 radical (unpaired) electrons. The maximum absolute atomic E-state index is 12.1. The van der Waals surface area contributed by atoms with Gasteiger partial charge in [0.15, 0.2) is 0 Å². The molecule has 2 saturated heterocycles. The first-order valence-electron chi connectivity index (χ1n) is 7.39. The maximum atomic E-state index is 12.1. The van der Waals surface area contributed by atoms with Crippen molar-refractivity contribution < 1.29 is 4.79 Å². The Balaban J connectivity index is 1.72. The highest BCUT2D eigenvalue weighted by Crippen LogP contribution is 2.18. The molecule has 0 aromatic carbocycles. The number of nitrogens with zero attached hydrogens (tertiary/aromatic N) is 2. The molecule has 0 atom stereocenters. The minimum Gasteiger partial charge on any atom is -0.343 e. The number of likely N-dealkylation sites (tertiary alicyclic amines) is 1. The molecule has 0 bridgehead atoms. The summed E-state index contributed by atoms with van der Waals surface area (Å²) in [5.74, 6) is 0.926. The van der Waals surface area contributed by atoms with E-state index in [0.717, 1.165) is 45.4 Å². The molecule has 104 valence electrons. The fourth-order valence-corrected chi connectivity index (χ4v) is 2.93. The van der Waals surface area contributed by atoms with E-state index in [1.54, 1.807) is 0 Å². The Hall–Kier alpha value is -0.610. The van der Waals surface area contributed by atoms with Crippen LogP contribution in [-0.4, -0.2) is 61.5 Å². The molecule has 0 aliphatic carbocycles. The number of nitrogens with one attached hydrogen (secondary N) is 1. The van der Waals surface area contributed by atoms with Gasteiger partial charge in [0.25, 0.3) is 0 Å². The van der Waals surface area contributed by atoms with Crippen molar-refractivity contribution in [1.82, 2.24) is 15.1 Å². The van der Waals surface area contributed by atoms with E-state index in [1.807, 2.05) is 11.9 Å². The van der Waals surface area contributed by atoms with Gasteiger partial charge in [0.05, 0.1) is 0 Å². The van der Waals surface area contributed by atoms with Crippen molar-refractivity contribution in [3.8, 4) is 0 Å². The lowest BCUT2D eigenvalue weighted by molar-refractivity contribution is -0.134. The molecule has 2 aliphatic heterocycles. The van der Waals surface area contributed by atoms with Crippen LogP contribution in [-0.2, 0) is 4.79 Å². The topological polar surface area (TPSA) is 35.6 Å². The molecule has 18 heavy (non-hydrogen) atoms. The minimum absolute atomic E-state index is 0.343. The summed E-state index contributed by atoms with van der Waals surface area (Å²) in [5.41, 5.74) is 0. The smallest absolute Gasteiger partial charge is 0.222 e. The monoisotopic (exact) mass is 253 g/mol. The van der Waals surface area contributed by atoms with E-state index in [4.69, 9.17) is 0 Å². The average Bonchev–Trinajstić information content (AvgIpc) is 2.34. The molecule has 2 fully saturated rings. The van der Waals surface area contributed by atoms with Crippen LogP contribution in [0.2, 0.25) is 0 Å². The highest BCUT2D eigenvalue weighted by atomic mass is 16.2. The van der Waals surface area contributed by atoms with Gasteiger partial charge in [0.2, 0.25) is 5.91 Å². The van der Waals surface area contributed by atoms with Crippen molar-refractivity contribution in [2.45, 2.75) is 38.6 Å². The summed E-state index contributed by atoms with van der Waals surface area (Å²) >= 11 is 0. The van der Waals surface area contributed by atoms with Crippen molar-refractivity contribution in [2.75, 3.05) is 39.8 Å². The number of rotatable bonds is 5. The number of piperidine rings is 1. The van der Waals surface area contributed by atoms with E-state index in [9.17, 15) is 4.79 Å². The molecule has 0 spiro atoms. The molecule has 1 N–H and O–H groups in total. The number of carbonyl (C=O) groups excluding carboxylic acids is 1. The summed E-state index contributed by atoms with van der Waals surface area (Å²) in [7, 11) is 1.99. The molecule has 0 aromatic rings. The van der Waals surface area contributed by atoms with Crippen LogP contribution in [0.3, 0.4) is 0 Å². The van der Waals surface area contributed by atoms with Gasteiger partial charge in [-0.15, -0.1) is 0 Å². The molecule has 1 amide bonds. The van der Waals surface area contributed by atoms with Gasteiger partial charge in [-0.05, 0) is 44.8 Å². The highest BCUT2D eigenvalue weighted by Gasteiger charge is 2.27. The second-order valence-electron chi connectivity index (χ2n) is 5.81. The molecule has 2 rings (SSSR count). The summed E-state index contributed by atoms with van der Waals surface area (Å²) in [6.07, 6.45) is 4.25. The summed E-state index contributed by atoms with van der Waals surface area (Å²) in [5, 5.41) is 3.23. The lowest BCUT2D eigenvalue weighted by Crippen LogP contribution is -2.49. The summed E-state index contributed by atoms with van der Waals surface area (Å²) in [6, 6.07) is 0.471. The molecular formula is C14H27N3O. The highest BCUT2D eigenvalue weighted by molar-refractivity contribution is 5.76. The van der Waals surface area contributed by atoms with E-state index in [0.29, 0.717) is 17.9 Å². The fourth-order valence-electron chi connectivity index (χ4n) is 2.93. The molecule has 4 heteroatoms. The van der Waals surface area contributed by atoms with Gasteiger partial charge in [0.1, 0.15) is 0 Å². The summed E-state index contributed by atoms with van der Waals surface area (Å²) in [6.45, 7) is 7.79. The van der Waals surface area contributed by atoms with Gasteiger partial charge in [-0.3, -0.25) is 4.79 Å². The first-order chi connectivity index (χ1) is 8.70. The van der Waals surface area contributed by atoms with Crippen molar-refractivity contribution in [2.24, 2.45) is 5.92 Å². The van der Waals surface area contributed by atoms with Gasteiger partial charge >= 0.3 is 0 Å².